The van der Waals surface area contributed by atoms with Crippen LogP contribution in [-0.2, 0) is 20.6 Å². The average Bonchev–Trinajstić information content (AvgIpc) is 3.18. The van der Waals surface area contributed by atoms with Crippen LogP contribution in [0.1, 0.15) is 24.3 Å². The van der Waals surface area contributed by atoms with Crippen LogP contribution in [0, 0.1) is 0 Å². The Morgan fingerprint density at radius 3 is 2.71 bits per heavy atom. The molecule has 1 aliphatic heterocycles. The number of fused-ring (bicyclic) bond motifs is 1. The van der Waals surface area contributed by atoms with E-state index in [9.17, 15) is 13.2 Å². The van der Waals surface area contributed by atoms with Crippen molar-refractivity contribution in [1.29, 1.82) is 0 Å². The minimum Gasteiger partial charge on any atom is -0.325 e. The standard InChI is InChI=1S/C21H22ClN3O3S3/c22-16-9-8-15(12-19(16)31(27,28)25-10-4-1-5-11-25)23-20(26)13-29-14-21-24-17-6-2-3-7-18(17)30-21/h2-3,6-9,12H,1,4-5,10-11,13-14H2,(H,23,26). The summed E-state index contributed by atoms with van der Waals surface area (Å²) in [5.74, 6) is 0.684. The quantitative estimate of drug-likeness (QED) is 0.499. The number of sulfonamides is 1. The molecule has 0 saturated carbocycles. The van der Waals surface area contributed by atoms with Gasteiger partial charge in [-0.05, 0) is 43.2 Å². The first-order valence-corrected chi connectivity index (χ1v) is 13.7. The molecule has 0 spiro atoms. The van der Waals surface area contributed by atoms with Gasteiger partial charge in [0.1, 0.15) is 9.90 Å². The van der Waals surface area contributed by atoms with Crippen molar-refractivity contribution >= 4 is 66.5 Å². The van der Waals surface area contributed by atoms with Gasteiger partial charge in [0.05, 0.1) is 21.0 Å². The Hall–Kier alpha value is -1.65. The van der Waals surface area contributed by atoms with Crippen molar-refractivity contribution in [2.75, 3.05) is 24.2 Å². The maximum Gasteiger partial charge on any atom is 0.244 e. The van der Waals surface area contributed by atoms with Gasteiger partial charge in [-0.1, -0.05) is 30.2 Å². The highest BCUT2D eigenvalue weighted by Crippen LogP contribution is 2.30. The second kappa shape index (κ2) is 9.87. The van der Waals surface area contributed by atoms with Crippen molar-refractivity contribution in [2.45, 2.75) is 29.9 Å². The van der Waals surface area contributed by atoms with E-state index in [1.807, 2.05) is 24.3 Å². The van der Waals surface area contributed by atoms with E-state index < -0.39 is 10.0 Å². The summed E-state index contributed by atoms with van der Waals surface area (Å²) in [6, 6.07) is 12.5. The van der Waals surface area contributed by atoms with E-state index in [4.69, 9.17) is 11.6 Å². The Bertz CT molecular complexity index is 1160. The number of aromatic nitrogens is 1. The van der Waals surface area contributed by atoms with Crippen LogP contribution >= 0.6 is 34.7 Å². The molecule has 1 aliphatic rings. The molecule has 0 atom stereocenters. The number of para-hydroxylation sites is 1. The molecule has 1 aromatic heterocycles. The summed E-state index contributed by atoms with van der Waals surface area (Å²) in [5.41, 5.74) is 1.39. The Labute approximate surface area is 195 Å². The van der Waals surface area contributed by atoms with Gasteiger partial charge in [0.15, 0.2) is 0 Å². The van der Waals surface area contributed by atoms with E-state index in [1.54, 1.807) is 17.4 Å². The first-order chi connectivity index (χ1) is 14.9. The van der Waals surface area contributed by atoms with Gasteiger partial charge in [-0.15, -0.1) is 23.1 Å². The Kier molecular flexibility index (Phi) is 7.18. The van der Waals surface area contributed by atoms with E-state index in [-0.39, 0.29) is 21.6 Å². The molecular formula is C21H22ClN3O3S3. The lowest BCUT2D eigenvalue weighted by Gasteiger charge is -2.26. The summed E-state index contributed by atoms with van der Waals surface area (Å²) in [7, 11) is -3.68. The number of anilines is 1. The molecule has 4 rings (SSSR count). The predicted octanol–water partition coefficient (Wildman–Crippen LogP) is 5.00. The number of thioether (sulfide) groups is 1. The number of amides is 1. The lowest BCUT2D eigenvalue weighted by atomic mass is 10.2. The first kappa shape index (κ1) is 22.5. The highest BCUT2D eigenvalue weighted by atomic mass is 35.5. The van der Waals surface area contributed by atoms with Crippen LogP contribution in [0.15, 0.2) is 47.4 Å². The van der Waals surface area contributed by atoms with Crippen LogP contribution in [0.3, 0.4) is 0 Å². The fourth-order valence-corrected chi connectivity index (χ4v) is 7.30. The second-order valence-electron chi connectivity index (χ2n) is 7.23. The molecular weight excluding hydrogens is 474 g/mol. The minimum atomic E-state index is -3.68. The summed E-state index contributed by atoms with van der Waals surface area (Å²) in [6.45, 7) is 0.995. The van der Waals surface area contributed by atoms with E-state index in [0.29, 0.717) is 24.5 Å². The summed E-state index contributed by atoms with van der Waals surface area (Å²) in [6.07, 6.45) is 2.73. The second-order valence-corrected chi connectivity index (χ2v) is 11.6. The predicted molar refractivity (Wildman–Crippen MR) is 128 cm³/mol. The van der Waals surface area contributed by atoms with Crippen LogP contribution in [0.2, 0.25) is 5.02 Å². The number of halogens is 1. The number of thiazole rings is 1. The molecule has 31 heavy (non-hydrogen) atoms. The number of carbonyl (C=O) groups is 1. The maximum absolute atomic E-state index is 13.0. The summed E-state index contributed by atoms with van der Waals surface area (Å²) < 4.78 is 28.5. The maximum atomic E-state index is 13.0. The largest absolute Gasteiger partial charge is 0.325 e. The number of nitrogens with zero attached hydrogens (tertiary/aromatic N) is 2. The molecule has 6 nitrogen and oxygen atoms in total. The van der Waals surface area contributed by atoms with Gasteiger partial charge in [0.2, 0.25) is 15.9 Å². The molecule has 1 fully saturated rings. The van der Waals surface area contributed by atoms with Crippen LogP contribution in [0.25, 0.3) is 10.2 Å². The Balaban J connectivity index is 1.37. The van der Waals surface area contributed by atoms with Crippen LogP contribution in [0.4, 0.5) is 5.69 Å². The third-order valence-electron chi connectivity index (χ3n) is 4.94. The SMILES string of the molecule is O=C(CSCc1nc2ccccc2s1)Nc1ccc(Cl)c(S(=O)(=O)N2CCCCC2)c1. The monoisotopic (exact) mass is 495 g/mol. The summed E-state index contributed by atoms with van der Waals surface area (Å²) >= 11 is 9.28. The lowest BCUT2D eigenvalue weighted by Crippen LogP contribution is -2.35. The Morgan fingerprint density at radius 2 is 1.94 bits per heavy atom. The lowest BCUT2D eigenvalue weighted by molar-refractivity contribution is -0.113. The van der Waals surface area contributed by atoms with E-state index in [2.05, 4.69) is 10.3 Å². The average molecular weight is 496 g/mol. The molecule has 2 heterocycles. The fraction of sp³-hybridized carbons (Fsp3) is 0.333. The van der Waals surface area contributed by atoms with Crippen molar-refractivity contribution in [1.82, 2.24) is 9.29 Å². The third-order valence-corrected chi connectivity index (χ3v) is 9.49. The molecule has 164 valence electrons. The zero-order chi connectivity index (χ0) is 21.8. The molecule has 0 aliphatic carbocycles. The Morgan fingerprint density at radius 1 is 1.16 bits per heavy atom. The highest BCUT2D eigenvalue weighted by Gasteiger charge is 2.28. The van der Waals surface area contributed by atoms with E-state index >= 15 is 0 Å². The van der Waals surface area contributed by atoms with Crippen molar-refractivity contribution in [3.63, 3.8) is 0 Å². The number of hydrogen-bond donors (Lipinski definition) is 1. The van der Waals surface area contributed by atoms with Gasteiger partial charge in [0, 0.05) is 24.5 Å². The van der Waals surface area contributed by atoms with Gasteiger partial charge >= 0.3 is 0 Å². The number of rotatable bonds is 7. The number of carbonyl (C=O) groups excluding carboxylic acids is 1. The van der Waals surface area contributed by atoms with Crippen LogP contribution < -0.4 is 5.32 Å². The van der Waals surface area contributed by atoms with Gasteiger partial charge in [-0.2, -0.15) is 4.31 Å². The van der Waals surface area contributed by atoms with Gasteiger partial charge in [-0.3, -0.25) is 4.79 Å². The van der Waals surface area contributed by atoms with E-state index in [1.165, 1.54) is 28.2 Å². The van der Waals surface area contributed by atoms with Gasteiger partial charge < -0.3 is 5.32 Å². The molecule has 0 radical (unpaired) electrons. The minimum absolute atomic E-state index is 0.0380. The molecule has 2 aromatic carbocycles. The van der Waals surface area contributed by atoms with Crippen molar-refractivity contribution in [3.05, 3.63) is 52.5 Å². The molecule has 0 bridgehead atoms. The van der Waals surface area contributed by atoms with Crippen LogP contribution in [0.5, 0.6) is 0 Å². The molecule has 0 unspecified atom stereocenters. The van der Waals surface area contributed by atoms with Crippen molar-refractivity contribution < 1.29 is 13.2 Å². The molecule has 1 N–H and O–H groups in total. The van der Waals surface area contributed by atoms with Gasteiger partial charge in [0.25, 0.3) is 0 Å². The molecule has 3 aromatic rings. The fourth-order valence-electron chi connectivity index (χ4n) is 3.43. The summed E-state index contributed by atoms with van der Waals surface area (Å²) in [5, 5.41) is 3.91. The van der Waals surface area contributed by atoms with Crippen molar-refractivity contribution in [3.8, 4) is 0 Å². The number of benzene rings is 2. The van der Waals surface area contributed by atoms with Crippen LogP contribution in [-0.4, -0.2) is 42.5 Å². The molecule has 1 amide bonds. The van der Waals surface area contributed by atoms with Gasteiger partial charge in [-0.25, -0.2) is 13.4 Å². The van der Waals surface area contributed by atoms with Crippen molar-refractivity contribution in [2.24, 2.45) is 0 Å². The number of piperidine rings is 1. The molecule has 1 saturated heterocycles. The zero-order valence-electron chi connectivity index (χ0n) is 16.7. The topological polar surface area (TPSA) is 79.4 Å². The normalized spacial score (nSPS) is 15.3. The number of hydrogen-bond acceptors (Lipinski definition) is 6. The zero-order valence-corrected chi connectivity index (χ0v) is 19.9. The van der Waals surface area contributed by atoms with E-state index in [0.717, 1.165) is 34.5 Å². The summed E-state index contributed by atoms with van der Waals surface area (Å²) in [4.78, 5) is 17.0. The number of nitrogens with one attached hydrogen (secondary N) is 1. The smallest absolute Gasteiger partial charge is 0.244 e. The highest BCUT2D eigenvalue weighted by molar-refractivity contribution is 7.99. The first-order valence-electron chi connectivity index (χ1n) is 9.95. The molecule has 10 heteroatoms. The third kappa shape index (κ3) is 5.40.